The highest BCUT2D eigenvalue weighted by Crippen LogP contribution is 2.31. The molecule has 0 aromatic carbocycles. The van der Waals surface area contributed by atoms with E-state index in [2.05, 4.69) is 0 Å². The standard InChI is InChI=1S/C14H20N2O3/c1-15-7-3-5-11(15)14(17)16-9-12(18-2)13-10(16)6-4-8-19-13/h3,5,7,10,12-13H,4,6,8-9H2,1-2H3/t10-,12+,13+/m0/s1. The first-order valence-corrected chi connectivity index (χ1v) is 6.79. The minimum Gasteiger partial charge on any atom is -0.377 e. The Balaban J connectivity index is 1.84. The summed E-state index contributed by atoms with van der Waals surface area (Å²) in [6, 6.07) is 3.91. The van der Waals surface area contributed by atoms with Gasteiger partial charge in [0.15, 0.2) is 0 Å². The van der Waals surface area contributed by atoms with E-state index in [0.717, 1.165) is 25.1 Å². The Bertz CT molecular complexity index is 471. The quantitative estimate of drug-likeness (QED) is 0.802. The van der Waals surface area contributed by atoms with Crippen molar-refractivity contribution in [1.82, 2.24) is 9.47 Å². The average molecular weight is 264 g/mol. The van der Waals surface area contributed by atoms with Crippen LogP contribution in [0.2, 0.25) is 0 Å². The molecule has 0 unspecified atom stereocenters. The Morgan fingerprint density at radius 2 is 2.37 bits per heavy atom. The normalized spacial score (nSPS) is 30.4. The van der Waals surface area contributed by atoms with Gasteiger partial charge in [0.25, 0.3) is 5.91 Å². The van der Waals surface area contributed by atoms with Gasteiger partial charge in [-0.2, -0.15) is 0 Å². The Labute approximate surface area is 113 Å². The van der Waals surface area contributed by atoms with Crippen LogP contribution in [0.5, 0.6) is 0 Å². The van der Waals surface area contributed by atoms with Gasteiger partial charge in [-0.25, -0.2) is 0 Å². The Kier molecular flexibility index (Phi) is 3.33. The molecule has 0 bridgehead atoms. The van der Waals surface area contributed by atoms with Gasteiger partial charge in [0, 0.05) is 27.0 Å². The Morgan fingerprint density at radius 3 is 3.05 bits per heavy atom. The van der Waals surface area contributed by atoms with Crippen LogP contribution in [-0.2, 0) is 16.5 Å². The van der Waals surface area contributed by atoms with Crippen LogP contribution in [0.25, 0.3) is 0 Å². The molecule has 19 heavy (non-hydrogen) atoms. The number of ether oxygens (including phenoxy) is 2. The van der Waals surface area contributed by atoms with Crippen molar-refractivity contribution >= 4 is 5.91 Å². The van der Waals surface area contributed by atoms with E-state index >= 15 is 0 Å². The summed E-state index contributed by atoms with van der Waals surface area (Å²) < 4.78 is 13.2. The van der Waals surface area contributed by atoms with E-state index in [4.69, 9.17) is 9.47 Å². The van der Waals surface area contributed by atoms with Crippen LogP contribution < -0.4 is 0 Å². The Hall–Kier alpha value is -1.33. The fourth-order valence-corrected chi connectivity index (χ4v) is 3.18. The highest BCUT2D eigenvalue weighted by molar-refractivity contribution is 5.93. The highest BCUT2D eigenvalue weighted by Gasteiger charge is 2.46. The molecular formula is C14H20N2O3. The lowest BCUT2D eigenvalue weighted by Crippen LogP contribution is -2.44. The number of likely N-dealkylation sites (tertiary alicyclic amines) is 1. The zero-order valence-electron chi connectivity index (χ0n) is 11.4. The molecule has 3 atom stereocenters. The molecule has 5 heteroatoms. The predicted octanol–water partition coefficient (Wildman–Crippen LogP) is 1.04. The molecular weight excluding hydrogens is 244 g/mol. The zero-order chi connectivity index (χ0) is 13.4. The van der Waals surface area contributed by atoms with Crippen molar-refractivity contribution in [3.05, 3.63) is 24.0 Å². The first kappa shape index (κ1) is 12.7. The van der Waals surface area contributed by atoms with Crippen molar-refractivity contribution in [1.29, 1.82) is 0 Å². The van der Waals surface area contributed by atoms with E-state index in [9.17, 15) is 4.79 Å². The molecule has 0 spiro atoms. The molecule has 1 aromatic heterocycles. The van der Waals surface area contributed by atoms with Gasteiger partial charge in [-0.3, -0.25) is 4.79 Å². The SMILES string of the molecule is CO[C@@H]1CN(C(=O)c2cccn2C)[C@H]2CCCO[C@@H]12. The number of aryl methyl sites for hydroxylation is 1. The molecule has 104 valence electrons. The largest absolute Gasteiger partial charge is 0.377 e. The van der Waals surface area contributed by atoms with Crippen LogP contribution in [0.3, 0.4) is 0 Å². The molecule has 2 saturated heterocycles. The number of methoxy groups -OCH3 is 1. The summed E-state index contributed by atoms with van der Waals surface area (Å²) in [7, 11) is 3.59. The van der Waals surface area contributed by atoms with Crippen molar-refractivity contribution in [3.8, 4) is 0 Å². The van der Waals surface area contributed by atoms with Crippen molar-refractivity contribution in [2.24, 2.45) is 7.05 Å². The van der Waals surface area contributed by atoms with E-state index in [1.165, 1.54) is 0 Å². The van der Waals surface area contributed by atoms with Gasteiger partial charge < -0.3 is 18.9 Å². The molecule has 2 fully saturated rings. The van der Waals surface area contributed by atoms with Gasteiger partial charge in [0.05, 0.1) is 12.6 Å². The Morgan fingerprint density at radius 1 is 1.53 bits per heavy atom. The molecule has 0 saturated carbocycles. The van der Waals surface area contributed by atoms with E-state index in [0.29, 0.717) is 6.54 Å². The third-order valence-electron chi connectivity index (χ3n) is 4.20. The molecule has 0 aliphatic carbocycles. The van der Waals surface area contributed by atoms with Gasteiger partial charge in [-0.05, 0) is 25.0 Å². The third-order valence-corrected chi connectivity index (χ3v) is 4.20. The first-order chi connectivity index (χ1) is 9.22. The van der Waals surface area contributed by atoms with E-state index in [1.807, 2.05) is 34.8 Å². The van der Waals surface area contributed by atoms with Crippen molar-refractivity contribution < 1.29 is 14.3 Å². The van der Waals surface area contributed by atoms with Crippen molar-refractivity contribution in [2.75, 3.05) is 20.3 Å². The van der Waals surface area contributed by atoms with Crippen LogP contribution in [-0.4, -0.2) is 53.9 Å². The summed E-state index contributed by atoms with van der Waals surface area (Å²) in [5.74, 6) is 0.0764. The summed E-state index contributed by atoms with van der Waals surface area (Å²) in [6.45, 7) is 1.39. The second kappa shape index (κ2) is 4.98. The van der Waals surface area contributed by atoms with Gasteiger partial charge in [0.1, 0.15) is 17.9 Å². The molecule has 1 aromatic rings. The summed E-state index contributed by atoms with van der Waals surface area (Å²) in [5, 5.41) is 0. The topological polar surface area (TPSA) is 43.7 Å². The summed E-state index contributed by atoms with van der Waals surface area (Å²) in [4.78, 5) is 14.6. The number of carbonyl (C=O) groups is 1. The molecule has 3 rings (SSSR count). The lowest BCUT2D eigenvalue weighted by atomic mass is 10.0. The number of fused-ring (bicyclic) bond motifs is 1. The second-order valence-corrected chi connectivity index (χ2v) is 5.28. The summed E-state index contributed by atoms with van der Waals surface area (Å²) in [6.07, 6.45) is 3.93. The maximum Gasteiger partial charge on any atom is 0.270 e. The molecule has 2 aliphatic heterocycles. The summed E-state index contributed by atoms with van der Waals surface area (Å²) in [5.41, 5.74) is 0.723. The number of amides is 1. The molecule has 1 amide bonds. The maximum atomic E-state index is 12.6. The summed E-state index contributed by atoms with van der Waals surface area (Å²) >= 11 is 0. The lowest BCUT2D eigenvalue weighted by molar-refractivity contribution is -0.0639. The number of hydrogen-bond acceptors (Lipinski definition) is 3. The van der Waals surface area contributed by atoms with E-state index < -0.39 is 0 Å². The molecule has 3 heterocycles. The number of rotatable bonds is 2. The monoisotopic (exact) mass is 264 g/mol. The molecule has 0 radical (unpaired) electrons. The van der Waals surface area contributed by atoms with Crippen LogP contribution in [0.1, 0.15) is 23.3 Å². The molecule has 0 N–H and O–H groups in total. The molecule has 2 aliphatic rings. The number of carbonyl (C=O) groups excluding carboxylic acids is 1. The first-order valence-electron chi connectivity index (χ1n) is 6.79. The smallest absolute Gasteiger partial charge is 0.270 e. The zero-order valence-corrected chi connectivity index (χ0v) is 11.4. The molecule has 5 nitrogen and oxygen atoms in total. The van der Waals surface area contributed by atoms with Crippen LogP contribution >= 0.6 is 0 Å². The maximum absolute atomic E-state index is 12.6. The van der Waals surface area contributed by atoms with Crippen molar-refractivity contribution in [2.45, 2.75) is 31.1 Å². The van der Waals surface area contributed by atoms with E-state index in [-0.39, 0.29) is 24.2 Å². The predicted molar refractivity (Wildman–Crippen MR) is 70.0 cm³/mol. The highest BCUT2D eigenvalue weighted by atomic mass is 16.5. The van der Waals surface area contributed by atoms with Crippen LogP contribution in [0, 0.1) is 0 Å². The van der Waals surface area contributed by atoms with Crippen LogP contribution in [0.15, 0.2) is 18.3 Å². The van der Waals surface area contributed by atoms with Gasteiger partial charge in [0.2, 0.25) is 0 Å². The lowest BCUT2D eigenvalue weighted by Gasteiger charge is -2.32. The fraction of sp³-hybridized carbons (Fsp3) is 0.643. The van der Waals surface area contributed by atoms with Gasteiger partial charge in [-0.1, -0.05) is 0 Å². The minimum atomic E-state index is -0.00508. The van der Waals surface area contributed by atoms with Gasteiger partial charge in [-0.15, -0.1) is 0 Å². The van der Waals surface area contributed by atoms with E-state index in [1.54, 1.807) is 7.11 Å². The second-order valence-electron chi connectivity index (χ2n) is 5.28. The third kappa shape index (κ3) is 2.07. The number of nitrogens with zero attached hydrogens (tertiary/aromatic N) is 2. The van der Waals surface area contributed by atoms with Crippen LogP contribution in [0.4, 0.5) is 0 Å². The average Bonchev–Trinajstić information content (AvgIpc) is 3.01. The van der Waals surface area contributed by atoms with Crippen molar-refractivity contribution in [3.63, 3.8) is 0 Å². The number of hydrogen-bond donors (Lipinski definition) is 0. The van der Waals surface area contributed by atoms with Gasteiger partial charge >= 0.3 is 0 Å². The minimum absolute atomic E-state index is 0.00508. The number of aromatic nitrogens is 1. The fourth-order valence-electron chi connectivity index (χ4n) is 3.18.